The van der Waals surface area contributed by atoms with E-state index in [1.807, 2.05) is 30.3 Å². The average molecular weight is 415 g/mol. The summed E-state index contributed by atoms with van der Waals surface area (Å²) in [5.41, 5.74) is 1.62. The number of benzene rings is 2. The molecule has 0 atom stereocenters. The summed E-state index contributed by atoms with van der Waals surface area (Å²) in [5.74, 6) is -0.566. The molecule has 0 aliphatic heterocycles. The third-order valence-electron chi connectivity index (χ3n) is 4.07. The van der Waals surface area contributed by atoms with Gasteiger partial charge in [-0.15, -0.1) is 0 Å². The lowest BCUT2D eigenvalue weighted by molar-refractivity contribution is 0.101. The van der Waals surface area contributed by atoms with Crippen LogP contribution in [0.5, 0.6) is 0 Å². The summed E-state index contributed by atoms with van der Waals surface area (Å²) in [6.45, 7) is 3.02. The lowest BCUT2D eigenvalue weighted by Gasteiger charge is -2.04. The van der Waals surface area contributed by atoms with E-state index in [4.69, 9.17) is 0 Å². The van der Waals surface area contributed by atoms with Crippen molar-refractivity contribution in [2.24, 2.45) is 0 Å². The van der Waals surface area contributed by atoms with Crippen molar-refractivity contribution in [1.29, 1.82) is 0 Å². The highest BCUT2D eigenvalue weighted by Crippen LogP contribution is 2.31. The van der Waals surface area contributed by atoms with Gasteiger partial charge in [0.05, 0.1) is 21.2 Å². The molecule has 3 aromatic rings. The van der Waals surface area contributed by atoms with Crippen LogP contribution in [0.1, 0.15) is 33.9 Å². The Labute approximate surface area is 167 Å². The highest BCUT2D eigenvalue weighted by molar-refractivity contribution is 7.91. The molecule has 28 heavy (non-hydrogen) atoms. The molecule has 0 saturated heterocycles. The number of hydrogen-bond acceptors (Lipinski definition) is 6. The molecule has 0 radical (unpaired) electrons. The summed E-state index contributed by atoms with van der Waals surface area (Å²) in [6.07, 6.45) is 0. The van der Waals surface area contributed by atoms with E-state index < -0.39 is 15.7 Å². The Morgan fingerprint density at radius 3 is 2.25 bits per heavy atom. The number of nitrogens with one attached hydrogen (secondary N) is 1. The Bertz CT molecular complexity index is 1120. The van der Waals surface area contributed by atoms with Crippen LogP contribution in [0.3, 0.4) is 0 Å². The highest BCUT2D eigenvalue weighted by Gasteiger charge is 2.19. The van der Waals surface area contributed by atoms with Crippen molar-refractivity contribution in [1.82, 2.24) is 4.98 Å². The molecule has 0 fully saturated rings. The summed E-state index contributed by atoms with van der Waals surface area (Å²) in [7, 11) is -3.32. The van der Waals surface area contributed by atoms with E-state index in [1.165, 1.54) is 31.2 Å². The minimum Gasteiger partial charge on any atom is -0.298 e. The summed E-state index contributed by atoms with van der Waals surface area (Å²) >= 11 is 1.11. The fourth-order valence-corrected chi connectivity index (χ4v) is 4.32. The first-order valence-corrected chi connectivity index (χ1v) is 11.0. The van der Waals surface area contributed by atoms with Crippen LogP contribution in [0.15, 0.2) is 59.5 Å². The van der Waals surface area contributed by atoms with E-state index in [9.17, 15) is 18.0 Å². The number of rotatable bonds is 6. The number of thiazole rings is 1. The first kappa shape index (κ1) is 19.9. The maximum Gasteiger partial charge on any atom is 0.257 e. The van der Waals surface area contributed by atoms with Crippen molar-refractivity contribution in [2.75, 3.05) is 11.1 Å². The van der Waals surface area contributed by atoms with E-state index >= 15 is 0 Å². The molecule has 1 aromatic heterocycles. The molecular formula is C20H18N2O4S2. The third kappa shape index (κ3) is 4.18. The second kappa shape index (κ2) is 8.04. The number of sulfone groups is 1. The molecule has 8 heteroatoms. The van der Waals surface area contributed by atoms with Crippen molar-refractivity contribution >= 4 is 38.0 Å². The van der Waals surface area contributed by atoms with Crippen LogP contribution in [0, 0.1) is 0 Å². The van der Waals surface area contributed by atoms with Gasteiger partial charge in [-0.05, 0) is 24.3 Å². The molecule has 1 amide bonds. The van der Waals surface area contributed by atoms with E-state index in [2.05, 4.69) is 10.3 Å². The van der Waals surface area contributed by atoms with Crippen LogP contribution in [-0.2, 0) is 9.84 Å². The number of nitrogens with zero attached hydrogens (tertiary/aromatic N) is 1. The van der Waals surface area contributed by atoms with Crippen molar-refractivity contribution < 1.29 is 18.0 Å². The Kier molecular flexibility index (Phi) is 5.71. The standard InChI is InChI=1S/C20H18N2O4S2/c1-3-28(25,26)16-11-9-15(10-12-16)19(24)22-20-21-17(18(27-20)13(2)23)14-7-5-4-6-8-14/h4-12H,3H2,1-2H3,(H,21,22,24). The number of carbonyl (C=O) groups excluding carboxylic acids is 2. The van der Waals surface area contributed by atoms with Crippen LogP contribution < -0.4 is 5.32 Å². The topological polar surface area (TPSA) is 93.2 Å². The minimum atomic E-state index is -3.32. The number of anilines is 1. The summed E-state index contributed by atoms with van der Waals surface area (Å²) in [4.78, 5) is 29.5. The first-order valence-electron chi connectivity index (χ1n) is 8.53. The van der Waals surface area contributed by atoms with E-state index in [0.717, 1.165) is 16.9 Å². The third-order valence-corrected chi connectivity index (χ3v) is 6.89. The van der Waals surface area contributed by atoms with Crippen molar-refractivity contribution in [3.05, 3.63) is 65.0 Å². The lowest BCUT2D eigenvalue weighted by atomic mass is 10.1. The summed E-state index contributed by atoms with van der Waals surface area (Å²) in [6, 6.07) is 15.0. The first-order chi connectivity index (χ1) is 13.3. The molecule has 0 aliphatic rings. The van der Waals surface area contributed by atoms with Crippen molar-refractivity contribution in [3.8, 4) is 11.3 Å². The fraction of sp³-hybridized carbons (Fsp3) is 0.150. The molecule has 0 spiro atoms. The minimum absolute atomic E-state index is 0.00621. The Morgan fingerprint density at radius 1 is 1.04 bits per heavy atom. The van der Waals surface area contributed by atoms with Gasteiger partial charge in [0.1, 0.15) is 0 Å². The van der Waals surface area contributed by atoms with Gasteiger partial charge in [0.25, 0.3) is 5.91 Å². The lowest BCUT2D eigenvalue weighted by Crippen LogP contribution is -2.12. The fourth-order valence-electron chi connectivity index (χ4n) is 2.55. The molecule has 144 valence electrons. The number of Topliss-reactive ketones (excluding diaryl/α,β-unsaturated/α-hetero) is 1. The zero-order valence-electron chi connectivity index (χ0n) is 15.3. The predicted octanol–water partition coefficient (Wildman–Crippen LogP) is 4.06. The van der Waals surface area contributed by atoms with Gasteiger partial charge in [-0.1, -0.05) is 48.6 Å². The number of amides is 1. The number of hydrogen-bond donors (Lipinski definition) is 1. The zero-order valence-corrected chi connectivity index (χ0v) is 16.9. The van der Waals surface area contributed by atoms with Gasteiger partial charge in [0.2, 0.25) is 0 Å². The van der Waals surface area contributed by atoms with Crippen molar-refractivity contribution in [3.63, 3.8) is 0 Å². The number of carbonyl (C=O) groups is 2. The second-order valence-electron chi connectivity index (χ2n) is 6.00. The largest absolute Gasteiger partial charge is 0.298 e. The van der Waals surface area contributed by atoms with Crippen LogP contribution in [0.25, 0.3) is 11.3 Å². The van der Waals surface area contributed by atoms with Crippen LogP contribution >= 0.6 is 11.3 Å². The molecule has 3 rings (SSSR count). The maximum absolute atomic E-state index is 12.5. The molecule has 0 saturated carbocycles. The SMILES string of the molecule is CCS(=O)(=O)c1ccc(C(=O)Nc2nc(-c3ccccc3)c(C(C)=O)s2)cc1. The molecule has 1 N–H and O–H groups in total. The smallest absolute Gasteiger partial charge is 0.257 e. The Balaban J connectivity index is 1.86. The second-order valence-corrected chi connectivity index (χ2v) is 9.28. The monoisotopic (exact) mass is 414 g/mol. The van der Waals surface area contributed by atoms with Crippen LogP contribution in [-0.4, -0.2) is 30.8 Å². The van der Waals surface area contributed by atoms with Gasteiger partial charge in [0.15, 0.2) is 20.8 Å². The molecular weight excluding hydrogens is 396 g/mol. The van der Waals surface area contributed by atoms with Gasteiger partial charge in [-0.3, -0.25) is 14.9 Å². The summed E-state index contributed by atoms with van der Waals surface area (Å²) < 4.78 is 23.7. The normalized spacial score (nSPS) is 11.2. The van der Waals surface area contributed by atoms with E-state index in [1.54, 1.807) is 6.92 Å². The number of ketones is 1. The highest BCUT2D eigenvalue weighted by atomic mass is 32.2. The van der Waals surface area contributed by atoms with E-state index in [0.29, 0.717) is 21.3 Å². The zero-order chi connectivity index (χ0) is 20.3. The summed E-state index contributed by atoms with van der Waals surface area (Å²) in [5, 5.41) is 2.99. The van der Waals surface area contributed by atoms with Gasteiger partial charge >= 0.3 is 0 Å². The Hall–Kier alpha value is -2.84. The Morgan fingerprint density at radius 2 is 1.68 bits per heavy atom. The molecule has 6 nitrogen and oxygen atoms in total. The molecule has 1 heterocycles. The quantitative estimate of drug-likeness (QED) is 0.614. The van der Waals surface area contributed by atoms with E-state index in [-0.39, 0.29) is 16.4 Å². The predicted molar refractivity (Wildman–Crippen MR) is 110 cm³/mol. The van der Waals surface area contributed by atoms with Crippen LogP contribution in [0.2, 0.25) is 0 Å². The van der Waals surface area contributed by atoms with Gasteiger partial charge in [0, 0.05) is 18.1 Å². The molecule has 0 unspecified atom stereocenters. The molecule has 2 aromatic carbocycles. The molecule has 0 aliphatic carbocycles. The van der Waals surface area contributed by atoms with Crippen molar-refractivity contribution in [2.45, 2.75) is 18.7 Å². The number of aromatic nitrogens is 1. The van der Waals surface area contributed by atoms with Gasteiger partial charge in [-0.2, -0.15) is 0 Å². The van der Waals surface area contributed by atoms with Gasteiger partial charge < -0.3 is 0 Å². The molecule has 0 bridgehead atoms. The van der Waals surface area contributed by atoms with Gasteiger partial charge in [-0.25, -0.2) is 13.4 Å². The average Bonchev–Trinajstić information content (AvgIpc) is 3.13. The van der Waals surface area contributed by atoms with Crippen LogP contribution in [0.4, 0.5) is 5.13 Å². The maximum atomic E-state index is 12.5.